The van der Waals surface area contributed by atoms with E-state index in [0.717, 1.165) is 19.3 Å². The van der Waals surface area contributed by atoms with E-state index in [9.17, 15) is 19.8 Å². The van der Waals surface area contributed by atoms with Gasteiger partial charge in [-0.15, -0.1) is 0 Å². The predicted octanol–water partition coefficient (Wildman–Crippen LogP) is 5.19. The third kappa shape index (κ3) is 5.35. The number of hydrogen-bond acceptors (Lipinski definition) is 6. The van der Waals surface area contributed by atoms with Crippen molar-refractivity contribution in [3.63, 3.8) is 0 Å². The summed E-state index contributed by atoms with van der Waals surface area (Å²) >= 11 is 0. The molecular formula is C27H33NO6. The Morgan fingerprint density at radius 2 is 1.85 bits per heavy atom. The van der Waals surface area contributed by atoms with E-state index in [0.29, 0.717) is 30.0 Å². The molecule has 2 N–H and O–H groups in total. The quantitative estimate of drug-likeness (QED) is 0.216. The highest BCUT2D eigenvalue weighted by Crippen LogP contribution is 2.42. The number of amides is 1. The molecule has 1 aliphatic heterocycles. The maximum Gasteiger partial charge on any atom is 0.295 e. The lowest BCUT2D eigenvalue weighted by molar-refractivity contribution is -0.139. The Hall–Kier alpha value is -3.48. The topological polar surface area (TPSA) is 96.3 Å². The van der Waals surface area contributed by atoms with Crippen LogP contribution in [0.1, 0.15) is 64.1 Å². The molecule has 2 aromatic rings. The molecule has 182 valence electrons. The van der Waals surface area contributed by atoms with E-state index >= 15 is 0 Å². The van der Waals surface area contributed by atoms with Crippen molar-refractivity contribution in [3.05, 3.63) is 59.2 Å². The molecule has 0 saturated carbocycles. The maximum atomic E-state index is 13.2. The molecule has 7 nitrogen and oxygen atoms in total. The fraction of sp³-hybridized carbons (Fsp3) is 0.407. The van der Waals surface area contributed by atoms with Crippen LogP contribution in [0.15, 0.2) is 48.0 Å². The van der Waals surface area contributed by atoms with E-state index in [2.05, 4.69) is 6.92 Å². The van der Waals surface area contributed by atoms with Gasteiger partial charge in [0.15, 0.2) is 11.5 Å². The summed E-state index contributed by atoms with van der Waals surface area (Å²) in [6.07, 6.45) is 2.54. The predicted molar refractivity (Wildman–Crippen MR) is 130 cm³/mol. The van der Waals surface area contributed by atoms with Gasteiger partial charge in [0.25, 0.3) is 11.7 Å². The van der Waals surface area contributed by atoms with Crippen molar-refractivity contribution in [1.82, 2.24) is 4.90 Å². The van der Waals surface area contributed by atoms with Crippen LogP contribution in [-0.2, 0) is 9.59 Å². The van der Waals surface area contributed by atoms with Gasteiger partial charge >= 0.3 is 0 Å². The van der Waals surface area contributed by atoms with Crippen molar-refractivity contribution in [2.24, 2.45) is 0 Å². The molecule has 2 aromatic carbocycles. The van der Waals surface area contributed by atoms with Crippen molar-refractivity contribution in [1.29, 1.82) is 0 Å². The zero-order valence-electron chi connectivity index (χ0n) is 20.2. The number of aliphatic hydroxyl groups is 1. The fourth-order valence-corrected chi connectivity index (χ4v) is 4.11. The van der Waals surface area contributed by atoms with E-state index in [1.807, 2.05) is 13.8 Å². The minimum absolute atomic E-state index is 0.0105. The number of hydrogen-bond donors (Lipinski definition) is 2. The largest absolute Gasteiger partial charge is 0.507 e. The minimum atomic E-state index is -0.800. The van der Waals surface area contributed by atoms with Crippen LogP contribution in [0.2, 0.25) is 0 Å². The molecule has 0 aromatic heterocycles. The van der Waals surface area contributed by atoms with Crippen molar-refractivity contribution in [2.45, 2.75) is 59.1 Å². The highest BCUT2D eigenvalue weighted by atomic mass is 16.5. The second kappa shape index (κ2) is 11.1. The number of benzene rings is 2. The van der Waals surface area contributed by atoms with Gasteiger partial charge < -0.3 is 24.6 Å². The summed E-state index contributed by atoms with van der Waals surface area (Å²) in [5.41, 5.74) is 0.975. The van der Waals surface area contributed by atoms with Crippen LogP contribution in [0.4, 0.5) is 0 Å². The lowest BCUT2D eigenvalue weighted by Gasteiger charge is -2.26. The number of carbonyl (C=O) groups is 2. The van der Waals surface area contributed by atoms with E-state index in [1.54, 1.807) is 43.3 Å². The number of unbranched alkanes of at least 4 members (excludes halogenated alkanes) is 2. The lowest BCUT2D eigenvalue weighted by atomic mass is 9.94. The van der Waals surface area contributed by atoms with Crippen LogP contribution in [0.5, 0.6) is 17.2 Å². The molecule has 34 heavy (non-hydrogen) atoms. The van der Waals surface area contributed by atoms with Gasteiger partial charge in [-0.25, -0.2) is 0 Å². The van der Waals surface area contributed by atoms with Gasteiger partial charge in [0, 0.05) is 12.1 Å². The van der Waals surface area contributed by atoms with Gasteiger partial charge in [-0.1, -0.05) is 38.0 Å². The average Bonchev–Trinajstić information content (AvgIpc) is 3.05. The van der Waals surface area contributed by atoms with Crippen molar-refractivity contribution >= 4 is 17.4 Å². The average molecular weight is 468 g/mol. The molecule has 1 saturated heterocycles. The zero-order valence-corrected chi connectivity index (χ0v) is 20.2. The smallest absolute Gasteiger partial charge is 0.295 e. The van der Waals surface area contributed by atoms with Crippen LogP contribution in [0.3, 0.4) is 0 Å². The Bertz CT molecular complexity index is 1070. The van der Waals surface area contributed by atoms with Crippen LogP contribution in [0, 0.1) is 0 Å². The number of Topliss-reactive ketones (excluding diaryl/α,β-unsaturated/α-hetero) is 1. The van der Waals surface area contributed by atoms with Gasteiger partial charge in [-0.05, 0) is 57.0 Å². The Morgan fingerprint density at radius 3 is 2.53 bits per heavy atom. The summed E-state index contributed by atoms with van der Waals surface area (Å²) in [6, 6.07) is 10.8. The Morgan fingerprint density at radius 1 is 1.09 bits per heavy atom. The number of aromatic hydroxyl groups is 1. The molecule has 1 aliphatic rings. The molecule has 1 amide bonds. The first-order valence-electron chi connectivity index (χ1n) is 11.8. The fourth-order valence-electron chi connectivity index (χ4n) is 4.11. The number of nitrogens with zero attached hydrogens (tertiary/aromatic N) is 1. The highest BCUT2D eigenvalue weighted by Gasteiger charge is 2.46. The standard InChI is InChI=1S/C27H33NO6/c1-5-7-8-14-28-24(18-12-13-21(29)22(16-18)33-6-2)23(26(31)27(28)32)25(30)19-10-9-11-20(15-19)34-17(3)4/h9-13,15-17,24,29-30H,5-8,14H2,1-4H3/b25-23-. The monoisotopic (exact) mass is 467 g/mol. The summed E-state index contributed by atoms with van der Waals surface area (Å²) in [5.74, 6) is -0.875. The van der Waals surface area contributed by atoms with Gasteiger partial charge in [-0.3, -0.25) is 9.59 Å². The second-order valence-electron chi connectivity index (χ2n) is 8.55. The number of phenolic OH excluding ortho intramolecular Hbond substituents is 1. The van der Waals surface area contributed by atoms with E-state index in [-0.39, 0.29) is 28.9 Å². The molecule has 7 heteroatoms. The number of ketones is 1. The van der Waals surface area contributed by atoms with Crippen LogP contribution >= 0.6 is 0 Å². The van der Waals surface area contributed by atoms with Crippen LogP contribution in [0.25, 0.3) is 5.76 Å². The molecule has 0 bridgehead atoms. The molecule has 0 radical (unpaired) electrons. The van der Waals surface area contributed by atoms with E-state index in [1.165, 1.54) is 11.0 Å². The van der Waals surface area contributed by atoms with Gasteiger partial charge in [0.1, 0.15) is 11.5 Å². The Labute approximate surface area is 200 Å². The van der Waals surface area contributed by atoms with E-state index < -0.39 is 17.7 Å². The lowest BCUT2D eigenvalue weighted by Crippen LogP contribution is -2.30. The molecule has 1 heterocycles. The Kier molecular flexibility index (Phi) is 8.21. The Balaban J connectivity index is 2.14. The molecule has 0 aliphatic carbocycles. The number of rotatable bonds is 10. The van der Waals surface area contributed by atoms with Crippen LogP contribution in [-0.4, -0.2) is 46.1 Å². The summed E-state index contributed by atoms with van der Waals surface area (Å²) in [7, 11) is 0. The maximum absolute atomic E-state index is 13.2. The van der Waals surface area contributed by atoms with Crippen molar-refractivity contribution in [3.8, 4) is 17.2 Å². The third-order valence-electron chi connectivity index (χ3n) is 5.62. The first-order valence-corrected chi connectivity index (χ1v) is 11.8. The number of carbonyl (C=O) groups excluding carboxylic acids is 2. The number of aliphatic hydroxyl groups excluding tert-OH is 1. The summed E-state index contributed by atoms with van der Waals surface area (Å²) in [6.45, 7) is 8.38. The number of phenols is 1. The first-order chi connectivity index (χ1) is 16.3. The highest BCUT2D eigenvalue weighted by molar-refractivity contribution is 6.46. The third-order valence-corrected chi connectivity index (χ3v) is 5.62. The summed E-state index contributed by atoms with van der Waals surface area (Å²) in [5, 5.41) is 21.4. The normalized spacial score (nSPS) is 17.4. The number of likely N-dealkylation sites (tertiary alicyclic amines) is 1. The molecular weight excluding hydrogens is 434 g/mol. The van der Waals surface area contributed by atoms with Crippen molar-refractivity contribution < 1.29 is 29.3 Å². The molecule has 1 unspecified atom stereocenters. The van der Waals surface area contributed by atoms with E-state index in [4.69, 9.17) is 9.47 Å². The first kappa shape index (κ1) is 25.1. The van der Waals surface area contributed by atoms with Crippen LogP contribution < -0.4 is 9.47 Å². The molecule has 0 spiro atoms. The SMILES string of the molecule is CCCCCN1C(=O)C(=O)/C(=C(\O)c2cccc(OC(C)C)c2)C1c1ccc(O)c(OCC)c1. The molecule has 1 atom stereocenters. The van der Waals surface area contributed by atoms with Gasteiger partial charge in [-0.2, -0.15) is 0 Å². The van der Waals surface area contributed by atoms with Gasteiger partial charge in [0.05, 0.1) is 24.3 Å². The zero-order chi connectivity index (χ0) is 24.8. The summed E-state index contributed by atoms with van der Waals surface area (Å²) < 4.78 is 11.3. The second-order valence-corrected chi connectivity index (χ2v) is 8.55. The molecule has 1 fully saturated rings. The number of ether oxygens (including phenoxy) is 2. The minimum Gasteiger partial charge on any atom is -0.507 e. The molecule has 3 rings (SSSR count). The van der Waals surface area contributed by atoms with Gasteiger partial charge in [0.2, 0.25) is 0 Å². The van der Waals surface area contributed by atoms with Crippen molar-refractivity contribution in [2.75, 3.05) is 13.2 Å². The summed E-state index contributed by atoms with van der Waals surface area (Å²) in [4.78, 5) is 27.7.